The lowest BCUT2D eigenvalue weighted by Crippen LogP contribution is -2.65. The third-order valence-electron chi connectivity index (χ3n) is 9.53. The van der Waals surface area contributed by atoms with Gasteiger partial charge in [-0.15, -0.1) is 5.43 Å². The van der Waals surface area contributed by atoms with Gasteiger partial charge < -0.3 is 25.3 Å². The Morgan fingerprint density at radius 1 is 1.14 bits per heavy atom. The van der Waals surface area contributed by atoms with Gasteiger partial charge >= 0.3 is 7.12 Å². The molecule has 3 saturated carbocycles. The zero-order valence-corrected chi connectivity index (χ0v) is 26.2. The predicted octanol–water partition coefficient (Wildman–Crippen LogP) is 1.02. The Labute approximate surface area is 254 Å². The summed E-state index contributed by atoms with van der Waals surface area (Å²) in [6.45, 7) is 13.7. The summed E-state index contributed by atoms with van der Waals surface area (Å²) in [5.41, 5.74) is 2.34. The first-order chi connectivity index (χ1) is 20.3. The van der Waals surface area contributed by atoms with E-state index < -0.39 is 47.8 Å². The summed E-state index contributed by atoms with van der Waals surface area (Å²) < 4.78 is 13.2. The third kappa shape index (κ3) is 7.67. The summed E-state index contributed by atoms with van der Waals surface area (Å²) in [5.74, 6) is -0.531. The molecule has 15 heteroatoms. The highest BCUT2D eigenvalue weighted by atomic mass is 16.7. The van der Waals surface area contributed by atoms with Gasteiger partial charge in [-0.05, 0) is 80.3 Å². The SMILES string of the molecule is CCCNC(=O)C=CC(=O)N[C@@H](CCCNC1NN1[N+](=O)[O-])C(=O)N[C@@H](CC(C)C)B1O[C@@H]2C[C@@H]3C[C@@H](C3(C)C)[C@]2(C)O1. The van der Waals surface area contributed by atoms with E-state index in [1.165, 1.54) is 0 Å². The highest BCUT2D eigenvalue weighted by Crippen LogP contribution is 2.65. The Morgan fingerprint density at radius 3 is 2.49 bits per heavy atom. The van der Waals surface area contributed by atoms with Crippen LogP contribution in [0.3, 0.4) is 0 Å². The minimum atomic E-state index is -0.905. The van der Waals surface area contributed by atoms with Crippen molar-refractivity contribution in [1.29, 1.82) is 0 Å². The molecule has 43 heavy (non-hydrogen) atoms. The first kappa shape index (κ1) is 33.2. The van der Waals surface area contributed by atoms with Gasteiger partial charge in [0.1, 0.15) is 6.04 Å². The average molecular weight is 606 g/mol. The maximum Gasteiger partial charge on any atom is 0.481 e. The number of hydrogen-bond donors (Lipinski definition) is 5. The number of hydrazine groups is 2. The van der Waals surface area contributed by atoms with Crippen LogP contribution in [0.2, 0.25) is 0 Å². The molecule has 3 amide bonds. The van der Waals surface area contributed by atoms with Gasteiger partial charge in [-0.25, -0.2) is 10.1 Å². The molecule has 5 N–H and O–H groups in total. The first-order valence-electron chi connectivity index (χ1n) is 15.6. The van der Waals surface area contributed by atoms with Crippen molar-refractivity contribution in [3.63, 3.8) is 0 Å². The molecule has 3 aliphatic carbocycles. The Balaban J connectivity index is 1.40. The molecule has 0 aromatic rings. The lowest BCUT2D eigenvalue weighted by molar-refractivity contribution is -0.627. The summed E-state index contributed by atoms with van der Waals surface area (Å²) in [5, 5.41) is 22.6. The van der Waals surface area contributed by atoms with Gasteiger partial charge in [-0.1, -0.05) is 34.6 Å². The summed E-state index contributed by atoms with van der Waals surface area (Å²) >= 11 is 0. The number of hydrogen-bond acceptors (Lipinski definition) is 9. The number of nitrogens with zero attached hydrogens (tertiary/aromatic N) is 2. The van der Waals surface area contributed by atoms with Gasteiger partial charge in [0, 0.05) is 18.7 Å². The molecule has 1 unspecified atom stereocenters. The Bertz CT molecular complexity index is 1090. The zero-order valence-electron chi connectivity index (χ0n) is 26.2. The van der Waals surface area contributed by atoms with Gasteiger partial charge in [-0.2, -0.15) is 0 Å². The predicted molar refractivity (Wildman–Crippen MR) is 159 cm³/mol. The summed E-state index contributed by atoms with van der Waals surface area (Å²) in [6.07, 6.45) is 5.83. The molecular formula is C28H48BN7O7. The number of nitrogens with one attached hydrogen (secondary N) is 5. The smallest absolute Gasteiger partial charge is 0.404 e. The molecule has 5 rings (SSSR count). The molecular weight excluding hydrogens is 557 g/mol. The quantitative estimate of drug-likeness (QED) is 0.0425. The summed E-state index contributed by atoms with van der Waals surface area (Å²) in [7, 11) is -0.606. The van der Waals surface area contributed by atoms with E-state index in [1.54, 1.807) is 0 Å². The highest BCUT2D eigenvalue weighted by Gasteiger charge is 2.68. The van der Waals surface area contributed by atoms with Crippen LogP contribution in [0.15, 0.2) is 12.2 Å². The van der Waals surface area contributed by atoms with Crippen LogP contribution < -0.4 is 26.7 Å². The Kier molecular flexibility index (Phi) is 10.4. The fourth-order valence-corrected chi connectivity index (χ4v) is 6.96. The van der Waals surface area contributed by atoms with Crippen LogP contribution in [0.4, 0.5) is 0 Å². The van der Waals surface area contributed by atoms with Crippen LogP contribution in [0.1, 0.15) is 80.1 Å². The number of amides is 3. The molecule has 240 valence electrons. The van der Waals surface area contributed by atoms with Crippen LogP contribution >= 0.6 is 0 Å². The van der Waals surface area contributed by atoms with Crippen molar-refractivity contribution in [2.75, 3.05) is 13.1 Å². The van der Waals surface area contributed by atoms with Gasteiger partial charge in [0.2, 0.25) is 24.0 Å². The average Bonchev–Trinajstić information content (AvgIpc) is 3.63. The van der Waals surface area contributed by atoms with Crippen LogP contribution in [-0.4, -0.2) is 78.1 Å². The molecule has 2 bridgehead atoms. The van der Waals surface area contributed by atoms with E-state index in [2.05, 4.69) is 61.3 Å². The molecule has 14 nitrogen and oxygen atoms in total. The van der Waals surface area contributed by atoms with Crippen molar-refractivity contribution in [2.24, 2.45) is 23.2 Å². The molecule has 0 aromatic carbocycles. The van der Waals surface area contributed by atoms with Crippen molar-refractivity contribution in [1.82, 2.24) is 31.8 Å². The molecule has 7 atom stereocenters. The minimum Gasteiger partial charge on any atom is -0.404 e. The standard InChI is InChI=1S/C28H48BN7O7/c1-7-12-30-23(37)10-11-24(38)32-19(9-8-13-31-26-34-35(26)36(40)41)25(39)33-22(14-17(2)3)29-42-21-16-18-15-20(27(18,4)5)28(21,6)43-29/h10-11,17-22,26,31,34H,7-9,12-16H2,1-6H3,(H,30,37)(H,32,38)(H,33,39)/t18-,19-,20-,21+,22-,26?,28-,35?/m0/s1. The molecule has 0 aromatic heterocycles. The van der Waals surface area contributed by atoms with E-state index in [-0.39, 0.29) is 29.8 Å². The number of carbonyl (C=O) groups excluding carboxylic acids is 3. The Morgan fingerprint density at radius 2 is 1.86 bits per heavy atom. The summed E-state index contributed by atoms with van der Waals surface area (Å²) in [6, 6.07) is -0.905. The molecule has 0 radical (unpaired) electrons. The largest absolute Gasteiger partial charge is 0.481 e. The van der Waals surface area contributed by atoms with Crippen molar-refractivity contribution in [3.8, 4) is 0 Å². The normalized spacial score (nSPS) is 29.9. The molecule has 5 aliphatic rings. The topological polar surface area (TPSA) is 186 Å². The first-order valence-corrected chi connectivity index (χ1v) is 15.6. The maximum atomic E-state index is 13.7. The molecule has 2 saturated heterocycles. The molecule has 2 aliphatic heterocycles. The second-order valence-electron chi connectivity index (χ2n) is 13.5. The highest BCUT2D eigenvalue weighted by molar-refractivity contribution is 6.48. The van der Waals surface area contributed by atoms with E-state index in [1.807, 2.05) is 6.92 Å². The van der Waals surface area contributed by atoms with Crippen molar-refractivity contribution >= 4 is 24.8 Å². The third-order valence-corrected chi connectivity index (χ3v) is 9.53. The molecule has 5 fully saturated rings. The minimum absolute atomic E-state index is 0.0267. The monoisotopic (exact) mass is 605 g/mol. The summed E-state index contributed by atoms with van der Waals surface area (Å²) in [4.78, 5) is 49.1. The fourth-order valence-electron chi connectivity index (χ4n) is 6.96. The van der Waals surface area contributed by atoms with Gasteiger partial charge in [0.25, 0.3) is 0 Å². The zero-order chi connectivity index (χ0) is 31.5. The second kappa shape index (κ2) is 13.5. The van der Waals surface area contributed by atoms with Crippen molar-refractivity contribution in [2.45, 2.75) is 110 Å². The van der Waals surface area contributed by atoms with Crippen molar-refractivity contribution < 1.29 is 28.7 Å². The number of carbonyl (C=O) groups is 3. The van der Waals surface area contributed by atoms with E-state index in [4.69, 9.17) is 9.31 Å². The number of nitro groups is 1. The lowest BCUT2D eigenvalue weighted by Gasteiger charge is -2.64. The maximum absolute atomic E-state index is 13.7. The van der Waals surface area contributed by atoms with E-state index in [0.717, 1.165) is 36.5 Å². The molecule has 0 spiro atoms. The van der Waals surface area contributed by atoms with Crippen LogP contribution in [0, 0.1) is 33.3 Å². The van der Waals surface area contributed by atoms with E-state index in [0.29, 0.717) is 37.8 Å². The fraction of sp³-hybridized carbons (Fsp3) is 0.821. The molecule has 2 heterocycles. The van der Waals surface area contributed by atoms with Gasteiger partial charge in [-0.3, -0.25) is 19.7 Å². The Hall–Kier alpha value is -2.75. The van der Waals surface area contributed by atoms with Crippen LogP contribution in [-0.2, 0) is 23.7 Å². The van der Waals surface area contributed by atoms with E-state index >= 15 is 0 Å². The number of rotatable bonds is 16. The van der Waals surface area contributed by atoms with Crippen molar-refractivity contribution in [3.05, 3.63) is 22.3 Å². The van der Waals surface area contributed by atoms with Gasteiger partial charge in [0.15, 0.2) is 5.03 Å². The van der Waals surface area contributed by atoms with E-state index in [9.17, 15) is 24.5 Å². The lowest BCUT2D eigenvalue weighted by atomic mass is 9.43. The van der Waals surface area contributed by atoms with Crippen LogP contribution in [0.5, 0.6) is 0 Å². The van der Waals surface area contributed by atoms with Crippen LogP contribution in [0.25, 0.3) is 0 Å². The second-order valence-corrected chi connectivity index (χ2v) is 13.5. The van der Waals surface area contributed by atoms with Gasteiger partial charge in [0.05, 0.1) is 17.6 Å².